The Bertz CT molecular complexity index is 116. The van der Waals surface area contributed by atoms with Crippen molar-refractivity contribution in [1.82, 2.24) is 0 Å². The van der Waals surface area contributed by atoms with Crippen LogP contribution in [0.5, 0.6) is 0 Å². The third kappa shape index (κ3) is 1.90. The van der Waals surface area contributed by atoms with Crippen LogP contribution in [0.15, 0.2) is 0 Å². The van der Waals surface area contributed by atoms with Gasteiger partial charge < -0.3 is 19.7 Å². The van der Waals surface area contributed by atoms with Gasteiger partial charge >= 0.3 is 0 Å². The number of methoxy groups -OCH3 is 1. The molecule has 1 aliphatic heterocycles. The van der Waals surface area contributed by atoms with Gasteiger partial charge in [0.2, 0.25) is 0 Å². The van der Waals surface area contributed by atoms with E-state index in [9.17, 15) is 10.2 Å². The van der Waals surface area contributed by atoms with Gasteiger partial charge in [-0.15, -0.1) is 0 Å². The Kier molecular flexibility index (Phi) is 2.84. The zero-order valence-electron chi connectivity index (χ0n) is 6.73. The van der Waals surface area contributed by atoms with Gasteiger partial charge in [0.05, 0.1) is 12.2 Å². The highest BCUT2D eigenvalue weighted by Crippen LogP contribution is 2.19. The minimum Gasteiger partial charge on any atom is -0.390 e. The van der Waals surface area contributed by atoms with Crippen LogP contribution in [0.25, 0.3) is 0 Å². The van der Waals surface area contributed by atoms with Crippen LogP contribution in [0.3, 0.4) is 0 Å². The van der Waals surface area contributed by atoms with Gasteiger partial charge in [-0.3, -0.25) is 0 Å². The van der Waals surface area contributed by atoms with E-state index in [0.29, 0.717) is 6.42 Å². The number of hydrogen-bond acceptors (Lipinski definition) is 4. The highest BCUT2D eigenvalue weighted by Gasteiger charge is 2.33. The van der Waals surface area contributed by atoms with Crippen LogP contribution in [0.4, 0.5) is 0 Å². The minimum atomic E-state index is -0.790. The molecule has 0 amide bonds. The molecule has 4 nitrogen and oxygen atoms in total. The summed E-state index contributed by atoms with van der Waals surface area (Å²) < 4.78 is 10.1. The fourth-order valence-electron chi connectivity index (χ4n) is 1.18. The molecule has 0 saturated carbocycles. The summed E-state index contributed by atoms with van der Waals surface area (Å²) in [6, 6.07) is 0. The number of aliphatic hydroxyl groups is 2. The smallest absolute Gasteiger partial charge is 0.160 e. The molecule has 0 aromatic carbocycles. The molecular weight excluding hydrogens is 148 g/mol. The van der Waals surface area contributed by atoms with Gasteiger partial charge in [0.1, 0.15) is 6.10 Å². The highest BCUT2D eigenvalue weighted by atomic mass is 16.7. The Hall–Kier alpha value is -0.160. The van der Waals surface area contributed by atoms with Crippen molar-refractivity contribution in [3.05, 3.63) is 0 Å². The van der Waals surface area contributed by atoms with Gasteiger partial charge in [-0.25, -0.2) is 0 Å². The second-order valence-corrected chi connectivity index (χ2v) is 2.80. The van der Waals surface area contributed by atoms with Gasteiger partial charge in [0.25, 0.3) is 0 Å². The summed E-state index contributed by atoms with van der Waals surface area (Å²) in [6.45, 7) is 1.71. The predicted octanol–water partition coefficient (Wildman–Crippen LogP) is -0.510. The van der Waals surface area contributed by atoms with E-state index in [4.69, 9.17) is 9.47 Å². The van der Waals surface area contributed by atoms with Crippen molar-refractivity contribution in [1.29, 1.82) is 0 Å². The van der Waals surface area contributed by atoms with Crippen molar-refractivity contribution >= 4 is 0 Å². The normalized spacial score (nSPS) is 45.8. The maximum absolute atomic E-state index is 9.24. The van der Waals surface area contributed by atoms with Gasteiger partial charge in [-0.1, -0.05) is 0 Å². The van der Waals surface area contributed by atoms with E-state index in [1.54, 1.807) is 6.92 Å². The summed E-state index contributed by atoms with van der Waals surface area (Å²) in [7, 11) is 1.52. The molecule has 1 aliphatic rings. The van der Waals surface area contributed by atoms with Crippen molar-refractivity contribution in [3.8, 4) is 0 Å². The fourth-order valence-corrected chi connectivity index (χ4v) is 1.18. The Balaban J connectivity index is 2.47. The Morgan fingerprint density at radius 1 is 1.45 bits per heavy atom. The first-order valence-electron chi connectivity index (χ1n) is 3.69. The van der Waals surface area contributed by atoms with Crippen molar-refractivity contribution in [2.75, 3.05) is 7.11 Å². The first kappa shape index (κ1) is 8.93. The van der Waals surface area contributed by atoms with Crippen LogP contribution in [0, 0.1) is 0 Å². The third-order valence-electron chi connectivity index (χ3n) is 1.94. The molecule has 0 aliphatic carbocycles. The van der Waals surface area contributed by atoms with Gasteiger partial charge in [-0.05, 0) is 6.92 Å². The molecule has 0 unspecified atom stereocenters. The predicted molar refractivity (Wildman–Crippen MR) is 38.0 cm³/mol. The Morgan fingerprint density at radius 2 is 2.09 bits per heavy atom. The quantitative estimate of drug-likeness (QED) is 0.545. The van der Waals surface area contributed by atoms with Crippen molar-refractivity contribution in [2.24, 2.45) is 0 Å². The number of hydrogen-bond donors (Lipinski definition) is 2. The minimum absolute atomic E-state index is 0.335. The lowest BCUT2D eigenvalue weighted by Gasteiger charge is -2.34. The molecule has 0 radical (unpaired) electrons. The van der Waals surface area contributed by atoms with Crippen LogP contribution in [0.1, 0.15) is 13.3 Å². The SMILES string of the molecule is CO[C@H]1C[C@@H](O)[C@@H](O)[C@H](C)O1. The molecule has 1 rings (SSSR count). The van der Waals surface area contributed by atoms with Crippen molar-refractivity contribution in [3.63, 3.8) is 0 Å². The van der Waals surface area contributed by atoms with E-state index in [1.165, 1.54) is 7.11 Å². The number of ether oxygens (including phenoxy) is 2. The lowest BCUT2D eigenvalue weighted by atomic mass is 10.0. The molecule has 4 atom stereocenters. The first-order chi connectivity index (χ1) is 5.15. The standard InChI is InChI=1S/C7H14O4/c1-4-7(9)5(8)3-6(10-2)11-4/h4-9H,3H2,1-2H3/t4-,5+,6+,7-/m0/s1. The topological polar surface area (TPSA) is 58.9 Å². The van der Waals surface area contributed by atoms with Crippen LogP contribution in [0.2, 0.25) is 0 Å². The highest BCUT2D eigenvalue weighted by molar-refractivity contribution is 4.79. The summed E-state index contributed by atoms with van der Waals surface area (Å²) >= 11 is 0. The second kappa shape index (κ2) is 3.49. The van der Waals surface area contributed by atoms with Gasteiger partial charge in [0.15, 0.2) is 6.29 Å². The van der Waals surface area contributed by atoms with Crippen LogP contribution < -0.4 is 0 Å². The Morgan fingerprint density at radius 3 is 2.55 bits per heavy atom. The average Bonchev–Trinajstić information content (AvgIpc) is 1.99. The van der Waals surface area contributed by atoms with E-state index >= 15 is 0 Å². The second-order valence-electron chi connectivity index (χ2n) is 2.80. The zero-order valence-corrected chi connectivity index (χ0v) is 6.73. The largest absolute Gasteiger partial charge is 0.390 e. The zero-order chi connectivity index (χ0) is 8.43. The average molecular weight is 162 g/mol. The lowest BCUT2D eigenvalue weighted by Crippen LogP contribution is -2.47. The third-order valence-corrected chi connectivity index (χ3v) is 1.94. The van der Waals surface area contributed by atoms with E-state index in [-0.39, 0.29) is 12.4 Å². The molecule has 2 N–H and O–H groups in total. The number of rotatable bonds is 1. The maximum Gasteiger partial charge on any atom is 0.160 e. The molecule has 1 heterocycles. The van der Waals surface area contributed by atoms with Crippen LogP contribution in [-0.2, 0) is 9.47 Å². The summed E-state index contributed by atoms with van der Waals surface area (Å²) in [6.07, 6.45) is -1.93. The molecule has 0 spiro atoms. The molecule has 0 aromatic heterocycles. The molecule has 11 heavy (non-hydrogen) atoms. The van der Waals surface area contributed by atoms with E-state index in [2.05, 4.69) is 0 Å². The molecular formula is C7H14O4. The summed E-state index contributed by atoms with van der Waals surface area (Å²) in [5, 5.41) is 18.5. The van der Waals surface area contributed by atoms with Crippen LogP contribution in [-0.4, -0.2) is 41.9 Å². The summed E-state index contributed by atoms with van der Waals surface area (Å²) in [4.78, 5) is 0. The first-order valence-corrected chi connectivity index (χ1v) is 3.69. The monoisotopic (exact) mass is 162 g/mol. The summed E-state index contributed by atoms with van der Waals surface area (Å²) in [5.41, 5.74) is 0. The molecule has 0 bridgehead atoms. The summed E-state index contributed by atoms with van der Waals surface area (Å²) in [5.74, 6) is 0. The Labute approximate surface area is 65.7 Å². The lowest BCUT2D eigenvalue weighted by molar-refractivity contribution is -0.237. The molecule has 1 saturated heterocycles. The van der Waals surface area contributed by atoms with Crippen molar-refractivity contribution in [2.45, 2.75) is 37.9 Å². The van der Waals surface area contributed by atoms with Crippen LogP contribution >= 0.6 is 0 Å². The van der Waals surface area contributed by atoms with Gasteiger partial charge in [0, 0.05) is 13.5 Å². The van der Waals surface area contributed by atoms with E-state index < -0.39 is 12.2 Å². The van der Waals surface area contributed by atoms with E-state index in [0.717, 1.165) is 0 Å². The number of aliphatic hydroxyl groups excluding tert-OH is 2. The molecule has 0 aromatic rings. The molecule has 66 valence electrons. The molecule has 4 heteroatoms. The van der Waals surface area contributed by atoms with Gasteiger partial charge in [-0.2, -0.15) is 0 Å². The maximum atomic E-state index is 9.24. The fraction of sp³-hybridized carbons (Fsp3) is 1.00. The molecule has 1 fully saturated rings. The van der Waals surface area contributed by atoms with E-state index in [1.807, 2.05) is 0 Å². The van der Waals surface area contributed by atoms with Crippen molar-refractivity contribution < 1.29 is 19.7 Å².